The van der Waals surface area contributed by atoms with Crippen LogP contribution >= 0.6 is 0 Å². The summed E-state index contributed by atoms with van der Waals surface area (Å²) in [7, 11) is 0. The second-order valence-corrected chi connectivity index (χ2v) is 7.09. The van der Waals surface area contributed by atoms with E-state index < -0.39 is 0 Å². The summed E-state index contributed by atoms with van der Waals surface area (Å²) >= 11 is 0. The van der Waals surface area contributed by atoms with E-state index in [1.807, 2.05) is 13.8 Å². The van der Waals surface area contributed by atoms with Crippen molar-refractivity contribution in [1.29, 1.82) is 0 Å². The van der Waals surface area contributed by atoms with E-state index in [1.54, 1.807) is 0 Å². The monoisotopic (exact) mass is 359 g/mol. The average Bonchev–Trinajstić information content (AvgIpc) is 2.67. The number of benzene rings is 3. The smallest absolute Gasteiger partial charge is 0.00395 e. The third-order valence-corrected chi connectivity index (χ3v) is 5.53. The molecule has 1 nitrogen and oxygen atoms in total. The molecule has 0 aliphatic rings. The molecule has 27 heavy (non-hydrogen) atoms. The second kappa shape index (κ2) is 8.43. The second-order valence-electron chi connectivity index (χ2n) is 7.09. The fourth-order valence-electron chi connectivity index (χ4n) is 3.94. The van der Waals surface area contributed by atoms with Crippen LogP contribution in [0.4, 0.5) is 0 Å². The molecule has 3 rings (SSSR count). The standard InChI is InChI=1S/C24H27N.C2H6/c1-7-20-16(4)24-17(5)21-11-9-8-10-19(21)13-23(24)15(3)22(20)12-14(2)18(6)25;1-2/h8-11,13-14H,3-4,6-7,12,25H2,1-2,5H3;1-2H3. The van der Waals surface area contributed by atoms with Crippen molar-refractivity contribution >= 4 is 34.7 Å². The highest BCUT2D eigenvalue weighted by molar-refractivity contribution is 6.03. The van der Waals surface area contributed by atoms with Crippen molar-refractivity contribution < 1.29 is 0 Å². The molecule has 3 aromatic carbocycles. The van der Waals surface area contributed by atoms with E-state index in [-0.39, 0.29) is 5.92 Å². The van der Waals surface area contributed by atoms with Crippen LogP contribution in [0.5, 0.6) is 0 Å². The SMILES string of the molecule is C=C(N)C(C)Cc1c(CC)c(=C)c2c(C)c3ccccc3cc2c1=C.CC. The zero-order chi connectivity index (χ0) is 20.3. The summed E-state index contributed by atoms with van der Waals surface area (Å²) in [4.78, 5) is 0. The number of rotatable bonds is 4. The van der Waals surface area contributed by atoms with Crippen LogP contribution in [-0.4, -0.2) is 0 Å². The topological polar surface area (TPSA) is 26.0 Å². The lowest BCUT2D eigenvalue weighted by molar-refractivity contribution is 0.665. The highest BCUT2D eigenvalue weighted by atomic mass is 14.6. The van der Waals surface area contributed by atoms with Crippen molar-refractivity contribution in [3.63, 3.8) is 0 Å². The molecule has 0 radical (unpaired) electrons. The highest BCUT2D eigenvalue weighted by Crippen LogP contribution is 2.26. The molecule has 1 heteroatoms. The molecular formula is C26H33N. The Bertz CT molecular complexity index is 1090. The van der Waals surface area contributed by atoms with Crippen molar-refractivity contribution in [3.8, 4) is 0 Å². The Morgan fingerprint density at radius 3 is 2.26 bits per heavy atom. The normalized spacial score (nSPS) is 11.9. The Kier molecular flexibility index (Phi) is 6.49. The van der Waals surface area contributed by atoms with Crippen LogP contribution in [0.1, 0.15) is 44.4 Å². The van der Waals surface area contributed by atoms with Gasteiger partial charge in [-0.1, -0.05) is 71.7 Å². The van der Waals surface area contributed by atoms with E-state index >= 15 is 0 Å². The molecular weight excluding hydrogens is 326 g/mol. The van der Waals surface area contributed by atoms with Gasteiger partial charge in [-0.25, -0.2) is 0 Å². The molecule has 0 spiro atoms. The molecule has 0 heterocycles. The Balaban J connectivity index is 0.00000126. The molecule has 0 fully saturated rings. The zero-order valence-corrected chi connectivity index (χ0v) is 17.6. The first-order valence-electron chi connectivity index (χ1n) is 9.94. The van der Waals surface area contributed by atoms with Crippen molar-refractivity contribution in [3.05, 3.63) is 69.7 Å². The van der Waals surface area contributed by atoms with Gasteiger partial charge >= 0.3 is 0 Å². The van der Waals surface area contributed by atoms with Gasteiger partial charge in [0.1, 0.15) is 0 Å². The van der Waals surface area contributed by atoms with Crippen LogP contribution in [0.2, 0.25) is 0 Å². The largest absolute Gasteiger partial charge is 0.402 e. The minimum atomic E-state index is 0.226. The van der Waals surface area contributed by atoms with Crippen molar-refractivity contribution in [2.24, 2.45) is 11.7 Å². The Hall–Kier alpha value is -2.54. The molecule has 0 amide bonds. The summed E-state index contributed by atoms with van der Waals surface area (Å²) in [6.45, 7) is 23.4. The number of allylic oxidation sites excluding steroid dienone is 1. The zero-order valence-electron chi connectivity index (χ0n) is 17.6. The first-order chi connectivity index (χ1) is 12.9. The van der Waals surface area contributed by atoms with Gasteiger partial charge in [0.15, 0.2) is 0 Å². The lowest BCUT2D eigenvalue weighted by Gasteiger charge is -2.19. The van der Waals surface area contributed by atoms with Gasteiger partial charge in [-0.15, -0.1) is 0 Å². The van der Waals surface area contributed by atoms with E-state index in [9.17, 15) is 0 Å². The molecule has 0 saturated heterocycles. The van der Waals surface area contributed by atoms with Gasteiger partial charge in [-0.3, -0.25) is 0 Å². The number of nitrogens with two attached hydrogens (primary N) is 1. The van der Waals surface area contributed by atoms with Gasteiger partial charge < -0.3 is 5.73 Å². The maximum Gasteiger partial charge on any atom is 0.00395 e. The van der Waals surface area contributed by atoms with E-state index in [1.165, 1.54) is 38.2 Å². The van der Waals surface area contributed by atoms with Crippen LogP contribution in [0.25, 0.3) is 34.7 Å². The summed E-state index contributed by atoms with van der Waals surface area (Å²) < 4.78 is 0. The van der Waals surface area contributed by atoms with Crippen molar-refractivity contribution in [1.82, 2.24) is 0 Å². The summed E-state index contributed by atoms with van der Waals surface area (Å²) in [6, 6.07) is 10.8. The molecule has 0 aromatic heterocycles. The van der Waals surface area contributed by atoms with Crippen LogP contribution in [0.3, 0.4) is 0 Å². The molecule has 1 atom stereocenters. The first kappa shape index (κ1) is 20.8. The quantitative estimate of drug-likeness (QED) is 0.623. The number of aryl methyl sites for hydroxylation is 1. The fourth-order valence-corrected chi connectivity index (χ4v) is 3.94. The average molecular weight is 360 g/mol. The predicted octanol–water partition coefficient (Wildman–Crippen LogP) is 5.36. The third-order valence-electron chi connectivity index (χ3n) is 5.53. The number of hydrogen-bond donors (Lipinski definition) is 1. The van der Waals surface area contributed by atoms with E-state index in [0.717, 1.165) is 29.0 Å². The third kappa shape index (κ3) is 3.64. The summed E-state index contributed by atoms with van der Waals surface area (Å²) in [6.07, 6.45) is 1.81. The fraction of sp³-hybridized carbons (Fsp3) is 0.308. The van der Waals surface area contributed by atoms with Crippen LogP contribution in [0.15, 0.2) is 42.6 Å². The van der Waals surface area contributed by atoms with Crippen LogP contribution in [-0.2, 0) is 12.8 Å². The Morgan fingerprint density at radius 2 is 1.67 bits per heavy atom. The summed E-state index contributed by atoms with van der Waals surface area (Å²) in [5.41, 5.74) is 10.6. The molecule has 0 bridgehead atoms. The predicted molar refractivity (Wildman–Crippen MR) is 123 cm³/mol. The van der Waals surface area contributed by atoms with Gasteiger partial charge in [-0.05, 0) is 80.4 Å². The summed E-state index contributed by atoms with van der Waals surface area (Å²) in [5.74, 6) is 0.226. The maximum atomic E-state index is 5.94. The molecule has 142 valence electrons. The summed E-state index contributed by atoms with van der Waals surface area (Å²) in [5, 5.41) is 7.26. The number of fused-ring (bicyclic) bond motifs is 2. The Labute approximate surface area is 163 Å². The molecule has 2 N–H and O–H groups in total. The lowest BCUT2D eigenvalue weighted by Crippen LogP contribution is -2.25. The van der Waals surface area contributed by atoms with Crippen LogP contribution < -0.4 is 16.2 Å². The minimum Gasteiger partial charge on any atom is -0.402 e. The molecule has 1 unspecified atom stereocenters. The Morgan fingerprint density at radius 1 is 1.04 bits per heavy atom. The van der Waals surface area contributed by atoms with Gasteiger partial charge in [0.05, 0.1) is 0 Å². The molecule has 0 aliphatic heterocycles. The van der Waals surface area contributed by atoms with Crippen molar-refractivity contribution in [2.45, 2.75) is 47.5 Å². The molecule has 0 saturated carbocycles. The highest BCUT2D eigenvalue weighted by Gasteiger charge is 2.15. The molecule has 3 aromatic rings. The van der Waals surface area contributed by atoms with E-state index in [4.69, 9.17) is 5.73 Å². The van der Waals surface area contributed by atoms with Crippen molar-refractivity contribution in [2.75, 3.05) is 0 Å². The first-order valence-corrected chi connectivity index (χ1v) is 9.94. The number of hydrogen-bond acceptors (Lipinski definition) is 1. The lowest BCUT2D eigenvalue weighted by atomic mass is 9.86. The van der Waals surface area contributed by atoms with Crippen LogP contribution in [0, 0.1) is 12.8 Å². The van der Waals surface area contributed by atoms with Gasteiger partial charge in [0.25, 0.3) is 0 Å². The van der Waals surface area contributed by atoms with E-state index in [0.29, 0.717) is 0 Å². The minimum absolute atomic E-state index is 0.226. The van der Waals surface area contributed by atoms with Gasteiger partial charge in [-0.2, -0.15) is 0 Å². The van der Waals surface area contributed by atoms with Gasteiger partial charge in [0.2, 0.25) is 0 Å². The molecule has 0 aliphatic carbocycles. The maximum absolute atomic E-state index is 5.94. The van der Waals surface area contributed by atoms with E-state index in [2.05, 4.69) is 70.8 Å². The van der Waals surface area contributed by atoms with Gasteiger partial charge in [0, 0.05) is 5.70 Å².